The van der Waals surface area contributed by atoms with Crippen molar-refractivity contribution in [3.8, 4) is 5.75 Å². The molecule has 2 N–H and O–H groups in total. The van der Waals surface area contributed by atoms with E-state index in [-0.39, 0.29) is 24.0 Å². The molecule has 0 aromatic heterocycles. The highest BCUT2D eigenvalue weighted by atomic mass is 127. The van der Waals surface area contributed by atoms with E-state index in [9.17, 15) is 0 Å². The van der Waals surface area contributed by atoms with Crippen LogP contribution in [0.15, 0.2) is 53.5 Å². The Morgan fingerprint density at radius 3 is 2.70 bits per heavy atom. The minimum atomic E-state index is 0. The van der Waals surface area contributed by atoms with Gasteiger partial charge < -0.3 is 25.0 Å². The smallest absolute Gasteiger partial charge is 0.191 e. The molecule has 0 spiro atoms. The Hall–Kier alpha value is -1.71. The maximum absolute atomic E-state index is 6.12. The second-order valence-electron chi connectivity index (χ2n) is 6.97. The van der Waals surface area contributed by atoms with Crippen LogP contribution in [0.4, 0.5) is 5.69 Å². The van der Waals surface area contributed by atoms with Crippen LogP contribution in [0.3, 0.4) is 0 Å². The molecule has 2 aromatic rings. The number of anilines is 1. The van der Waals surface area contributed by atoms with Crippen LogP contribution < -0.4 is 20.3 Å². The molecule has 1 heterocycles. The van der Waals surface area contributed by atoms with Crippen LogP contribution >= 0.6 is 35.6 Å². The standard InChI is InChI=1S/C22H29ClN4O2.HI/c1-24-22(25-15-17-6-8-21(9-7-17)29-13-12-28-2)26-19-10-11-27(16-19)20-5-3-4-18(23)14-20;/h3-9,14,19H,10-13,15-16H2,1-2H3,(H2,24,25,26);1H. The van der Waals surface area contributed by atoms with Crippen LogP contribution in [-0.4, -0.2) is 52.5 Å². The molecule has 1 aliphatic heterocycles. The van der Waals surface area contributed by atoms with Crippen LogP contribution in [0.5, 0.6) is 5.75 Å². The van der Waals surface area contributed by atoms with Gasteiger partial charge in [-0.3, -0.25) is 4.99 Å². The van der Waals surface area contributed by atoms with E-state index >= 15 is 0 Å². The van der Waals surface area contributed by atoms with Crippen molar-refractivity contribution in [2.24, 2.45) is 4.99 Å². The summed E-state index contributed by atoms with van der Waals surface area (Å²) in [4.78, 5) is 6.71. The molecule has 0 radical (unpaired) electrons. The van der Waals surface area contributed by atoms with Gasteiger partial charge in [0.1, 0.15) is 12.4 Å². The SMILES string of the molecule is CN=C(NCc1ccc(OCCOC)cc1)NC1CCN(c2cccc(Cl)c2)C1.I. The zero-order valence-electron chi connectivity index (χ0n) is 17.4. The third-order valence-electron chi connectivity index (χ3n) is 4.87. The normalized spacial score (nSPS) is 16.2. The quantitative estimate of drug-likeness (QED) is 0.228. The van der Waals surface area contributed by atoms with Gasteiger partial charge in [-0.1, -0.05) is 29.8 Å². The van der Waals surface area contributed by atoms with Crippen molar-refractivity contribution >= 4 is 47.2 Å². The summed E-state index contributed by atoms with van der Waals surface area (Å²) in [6.45, 7) is 3.76. The molecule has 30 heavy (non-hydrogen) atoms. The fourth-order valence-electron chi connectivity index (χ4n) is 3.31. The van der Waals surface area contributed by atoms with Crippen molar-refractivity contribution < 1.29 is 9.47 Å². The highest BCUT2D eigenvalue weighted by Gasteiger charge is 2.23. The minimum absolute atomic E-state index is 0. The molecule has 8 heteroatoms. The van der Waals surface area contributed by atoms with Crippen molar-refractivity contribution in [2.75, 3.05) is 45.4 Å². The predicted octanol–water partition coefficient (Wildman–Crippen LogP) is 3.93. The molecule has 3 rings (SSSR count). The number of rotatable bonds is 8. The Labute approximate surface area is 201 Å². The number of halogens is 2. The van der Waals surface area contributed by atoms with Gasteiger partial charge in [0.05, 0.1) is 6.61 Å². The first-order valence-electron chi connectivity index (χ1n) is 9.86. The number of ether oxygens (including phenoxy) is 2. The van der Waals surface area contributed by atoms with E-state index in [1.165, 1.54) is 5.56 Å². The molecule has 6 nitrogen and oxygen atoms in total. The van der Waals surface area contributed by atoms with Crippen LogP contribution in [0.1, 0.15) is 12.0 Å². The van der Waals surface area contributed by atoms with Crippen molar-refractivity contribution in [3.63, 3.8) is 0 Å². The summed E-state index contributed by atoms with van der Waals surface area (Å²) >= 11 is 6.12. The molecule has 0 saturated carbocycles. The summed E-state index contributed by atoms with van der Waals surface area (Å²) < 4.78 is 10.6. The monoisotopic (exact) mass is 544 g/mol. The van der Waals surface area contributed by atoms with Gasteiger partial charge in [-0.15, -0.1) is 24.0 Å². The van der Waals surface area contributed by atoms with E-state index < -0.39 is 0 Å². The second kappa shape index (κ2) is 12.9. The highest BCUT2D eigenvalue weighted by Crippen LogP contribution is 2.23. The van der Waals surface area contributed by atoms with Crippen molar-refractivity contribution in [2.45, 2.75) is 19.0 Å². The first kappa shape index (κ1) is 24.6. The van der Waals surface area contributed by atoms with Gasteiger partial charge in [-0.2, -0.15) is 0 Å². The van der Waals surface area contributed by atoms with E-state index in [2.05, 4.69) is 38.7 Å². The number of benzene rings is 2. The Morgan fingerprint density at radius 1 is 1.20 bits per heavy atom. The summed E-state index contributed by atoms with van der Waals surface area (Å²) in [5.41, 5.74) is 2.33. The molecule has 1 atom stereocenters. The summed E-state index contributed by atoms with van der Waals surface area (Å²) in [7, 11) is 3.46. The first-order chi connectivity index (χ1) is 14.2. The Kier molecular flexibility index (Phi) is 10.5. The largest absolute Gasteiger partial charge is 0.491 e. The topological polar surface area (TPSA) is 58.1 Å². The molecule has 1 unspecified atom stereocenters. The van der Waals surface area contributed by atoms with Gasteiger partial charge in [0, 0.05) is 50.5 Å². The van der Waals surface area contributed by atoms with E-state index in [0.717, 1.165) is 41.9 Å². The number of methoxy groups -OCH3 is 1. The second-order valence-corrected chi connectivity index (χ2v) is 7.40. The van der Waals surface area contributed by atoms with Crippen LogP contribution in [0, 0.1) is 0 Å². The highest BCUT2D eigenvalue weighted by molar-refractivity contribution is 14.0. The molecule has 2 aromatic carbocycles. The van der Waals surface area contributed by atoms with E-state index in [1.807, 2.05) is 30.3 Å². The number of nitrogens with zero attached hydrogens (tertiary/aromatic N) is 2. The number of hydrogen-bond donors (Lipinski definition) is 2. The van der Waals surface area contributed by atoms with Gasteiger partial charge in [-0.25, -0.2) is 0 Å². The molecule has 0 bridgehead atoms. The number of guanidine groups is 1. The lowest BCUT2D eigenvalue weighted by atomic mass is 10.2. The predicted molar refractivity (Wildman–Crippen MR) is 135 cm³/mol. The number of aliphatic imine (C=N–C) groups is 1. The first-order valence-corrected chi connectivity index (χ1v) is 10.2. The molecule has 164 valence electrons. The fraction of sp³-hybridized carbons (Fsp3) is 0.409. The Bertz CT molecular complexity index is 804. The van der Waals surface area contributed by atoms with Gasteiger partial charge in [0.2, 0.25) is 0 Å². The molecule has 0 aliphatic carbocycles. The van der Waals surface area contributed by atoms with Gasteiger partial charge in [0.25, 0.3) is 0 Å². The third kappa shape index (κ3) is 7.52. The molecular weight excluding hydrogens is 515 g/mol. The maximum Gasteiger partial charge on any atom is 0.191 e. The zero-order valence-corrected chi connectivity index (χ0v) is 20.5. The fourth-order valence-corrected chi connectivity index (χ4v) is 3.49. The van der Waals surface area contributed by atoms with Gasteiger partial charge in [0.15, 0.2) is 5.96 Å². The average molecular weight is 545 g/mol. The van der Waals surface area contributed by atoms with Crippen LogP contribution in [-0.2, 0) is 11.3 Å². The molecule has 1 saturated heterocycles. The summed E-state index contributed by atoms with van der Waals surface area (Å²) in [5.74, 6) is 1.66. The zero-order chi connectivity index (χ0) is 20.5. The average Bonchev–Trinajstić information content (AvgIpc) is 3.21. The van der Waals surface area contributed by atoms with Crippen LogP contribution in [0.2, 0.25) is 5.02 Å². The summed E-state index contributed by atoms with van der Waals surface area (Å²) in [6, 6.07) is 16.4. The maximum atomic E-state index is 6.12. The molecule has 1 fully saturated rings. The van der Waals surface area contributed by atoms with Crippen molar-refractivity contribution in [1.29, 1.82) is 0 Å². The van der Waals surface area contributed by atoms with Gasteiger partial charge >= 0.3 is 0 Å². The summed E-state index contributed by atoms with van der Waals surface area (Å²) in [6.07, 6.45) is 1.06. The van der Waals surface area contributed by atoms with Crippen LogP contribution in [0.25, 0.3) is 0 Å². The molecule has 0 amide bonds. The van der Waals surface area contributed by atoms with E-state index in [4.69, 9.17) is 21.1 Å². The van der Waals surface area contributed by atoms with Gasteiger partial charge in [-0.05, 0) is 42.3 Å². The minimum Gasteiger partial charge on any atom is -0.491 e. The van der Waals surface area contributed by atoms with E-state index in [1.54, 1.807) is 14.2 Å². The lowest BCUT2D eigenvalue weighted by Crippen LogP contribution is -2.44. The van der Waals surface area contributed by atoms with Crippen molar-refractivity contribution in [3.05, 3.63) is 59.1 Å². The number of nitrogens with one attached hydrogen (secondary N) is 2. The number of hydrogen-bond acceptors (Lipinski definition) is 4. The Balaban J connectivity index is 0.00000320. The lowest BCUT2D eigenvalue weighted by Gasteiger charge is -2.20. The van der Waals surface area contributed by atoms with Crippen molar-refractivity contribution in [1.82, 2.24) is 10.6 Å². The molecule has 1 aliphatic rings. The van der Waals surface area contributed by atoms with E-state index in [0.29, 0.717) is 25.8 Å². The lowest BCUT2D eigenvalue weighted by molar-refractivity contribution is 0.146. The summed E-state index contributed by atoms with van der Waals surface area (Å²) in [5, 5.41) is 7.68. The third-order valence-corrected chi connectivity index (χ3v) is 5.10. The molecular formula is C22H30ClIN4O2. The Morgan fingerprint density at radius 2 is 2.00 bits per heavy atom.